The van der Waals surface area contributed by atoms with Gasteiger partial charge in [-0.3, -0.25) is 9.69 Å². The van der Waals surface area contributed by atoms with Crippen LogP contribution in [0.15, 0.2) is 60.7 Å². The number of carbonyl (C=O) groups is 1. The molecule has 1 unspecified atom stereocenters. The van der Waals surface area contributed by atoms with Crippen molar-refractivity contribution in [2.24, 2.45) is 0 Å². The molecule has 22 heavy (non-hydrogen) atoms. The van der Waals surface area contributed by atoms with Gasteiger partial charge in [-0.1, -0.05) is 67.6 Å². The van der Waals surface area contributed by atoms with Crippen LogP contribution in [0.4, 0.5) is 0 Å². The highest BCUT2D eigenvalue weighted by molar-refractivity contribution is 5.90. The molecular weight excluding hydrogens is 270 g/mol. The first-order valence-corrected chi connectivity index (χ1v) is 7.87. The Morgan fingerprint density at radius 2 is 1.41 bits per heavy atom. The summed E-state index contributed by atoms with van der Waals surface area (Å²) >= 11 is 0. The molecule has 0 saturated carbocycles. The summed E-state index contributed by atoms with van der Waals surface area (Å²) in [5.74, 6) is 0.287. The van der Waals surface area contributed by atoms with E-state index in [1.807, 2.05) is 62.6 Å². The quantitative estimate of drug-likeness (QED) is 0.775. The van der Waals surface area contributed by atoms with Gasteiger partial charge in [-0.25, -0.2) is 0 Å². The van der Waals surface area contributed by atoms with Crippen molar-refractivity contribution in [2.45, 2.75) is 31.7 Å². The van der Waals surface area contributed by atoms with Gasteiger partial charge in [0.05, 0.1) is 5.54 Å². The zero-order valence-electron chi connectivity index (χ0n) is 13.8. The minimum absolute atomic E-state index is 0.287. The molecule has 2 heteroatoms. The summed E-state index contributed by atoms with van der Waals surface area (Å²) in [7, 11) is 4.02. The number of hydrogen-bond acceptors (Lipinski definition) is 2. The van der Waals surface area contributed by atoms with Crippen molar-refractivity contribution in [3.63, 3.8) is 0 Å². The minimum atomic E-state index is -0.447. The number of ketones is 1. The third-order valence-electron chi connectivity index (χ3n) is 4.51. The van der Waals surface area contributed by atoms with Crippen molar-refractivity contribution in [3.05, 3.63) is 71.8 Å². The lowest BCUT2D eigenvalue weighted by Gasteiger charge is -2.38. The fourth-order valence-electron chi connectivity index (χ4n) is 3.02. The zero-order valence-corrected chi connectivity index (χ0v) is 13.8. The first-order chi connectivity index (χ1) is 10.6. The molecule has 0 heterocycles. The summed E-state index contributed by atoms with van der Waals surface area (Å²) in [6, 6.07) is 20.3. The van der Waals surface area contributed by atoms with Crippen molar-refractivity contribution in [3.8, 4) is 0 Å². The maximum absolute atomic E-state index is 13.1. The summed E-state index contributed by atoms with van der Waals surface area (Å²) in [4.78, 5) is 15.2. The van der Waals surface area contributed by atoms with Crippen LogP contribution in [-0.2, 0) is 17.6 Å². The zero-order chi connectivity index (χ0) is 16.0. The molecule has 0 bridgehead atoms. The molecule has 0 aliphatic rings. The fraction of sp³-hybridized carbons (Fsp3) is 0.350. The number of hydrogen-bond donors (Lipinski definition) is 0. The molecule has 0 aromatic heterocycles. The summed E-state index contributed by atoms with van der Waals surface area (Å²) in [6.07, 6.45) is 2.04. The van der Waals surface area contributed by atoms with Crippen molar-refractivity contribution < 1.29 is 4.79 Å². The summed E-state index contributed by atoms with van der Waals surface area (Å²) in [6.45, 7) is 2.10. The standard InChI is InChI=1S/C20H25NO/c1-4-20(21(2)3,16-18-13-9-6-10-14-18)19(22)15-17-11-7-5-8-12-17/h5-14H,4,15-16H2,1-3H3. The molecule has 0 fully saturated rings. The Hall–Kier alpha value is -1.93. The highest BCUT2D eigenvalue weighted by Crippen LogP contribution is 2.26. The second kappa shape index (κ2) is 7.37. The second-order valence-corrected chi connectivity index (χ2v) is 6.03. The lowest BCUT2D eigenvalue weighted by atomic mass is 9.80. The molecule has 0 N–H and O–H groups in total. The van der Waals surface area contributed by atoms with Gasteiger partial charge in [0.15, 0.2) is 5.78 Å². The fourth-order valence-corrected chi connectivity index (χ4v) is 3.02. The largest absolute Gasteiger partial charge is 0.297 e. The number of benzene rings is 2. The molecule has 0 aliphatic carbocycles. The van der Waals surface area contributed by atoms with E-state index in [0.717, 1.165) is 18.4 Å². The van der Waals surface area contributed by atoms with Crippen LogP contribution in [0.25, 0.3) is 0 Å². The van der Waals surface area contributed by atoms with E-state index >= 15 is 0 Å². The molecule has 2 aromatic rings. The third-order valence-corrected chi connectivity index (χ3v) is 4.51. The normalized spacial score (nSPS) is 13.8. The van der Waals surface area contributed by atoms with Crippen LogP contribution in [0.3, 0.4) is 0 Å². The topological polar surface area (TPSA) is 20.3 Å². The van der Waals surface area contributed by atoms with E-state index in [0.29, 0.717) is 6.42 Å². The molecule has 116 valence electrons. The second-order valence-electron chi connectivity index (χ2n) is 6.03. The van der Waals surface area contributed by atoms with Crippen LogP contribution < -0.4 is 0 Å². The molecule has 0 aliphatic heterocycles. The monoisotopic (exact) mass is 295 g/mol. The summed E-state index contributed by atoms with van der Waals surface area (Å²) in [5.41, 5.74) is 1.84. The number of rotatable bonds is 7. The van der Waals surface area contributed by atoms with Gasteiger partial charge in [-0.15, -0.1) is 0 Å². The first-order valence-electron chi connectivity index (χ1n) is 7.87. The number of nitrogens with zero attached hydrogens (tertiary/aromatic N) is 1. The minimum Gasteiger partial charge on any atom is -0.297 e. The van der Waals surface area contributed by atoms with E-state index < -0.39 is 5.54 Å². The Labute approximate surface area is 133 Å². The molecule has 2 nitrogen and oxygen atoms in total. The van der Waals surface area contributed by atoms with E-state index in [2.05, 4.69) is 24.0 Å². The Kier molecular flexibility index (Phi) is 5.51. The molecular formula is C20H25NO. The van der Waals surface area contributed by atoms with Crippen LogP contribution in [0.5, 0.6) is 0 Å². The molecule has 0 spiro atoms. The predicted octanol–water partition coefficient (Wildman–Crippen LogP) is 3.75. The molecule has 2 rings (SSSR count). The smallest absolute Gasteiger partial charge is 0.157 e. The van der Waals surface area contributed by atoms with Crippen molar-refractivity contribution in [1.29, 1.82) is 0 Å². The van der Waals surface area contributed by atoms with Gasteiger partial charge in [0, 0.05) is 6.42 Å². The SMILES string of the molecule is CCC(Cc1ccccc1)(C(=O)Cc1ccccc1)N(C)C. The predicted molar refractivity (Wildman–Crippen MR) is 92.0 cm³/mol. The van der Waals surface area contributed by atoms with Crippen LogP contribution >= 0.6 is 0 Å². The van der Waals surface area contributed by atoms with Crippen molar-refractivity contribution >= 4 is 5.78 Å². The highest BCUT2D eigenvalue weighted by atomic mass is 16.1. The Balaban J connectivity index is 2.26. The molecule has 0 radical (unpaired) electrons. The highest BCUT2D eigenvalue weighted by Gasteiger charge is 2.38. The van der Waals surface area contributed by atoms with Gasteiger partial charge < -0.3 is 0 Å². The average molecular weight is 295 g/mol. The van der Waals surface area contributed by atoms with Gasteiger partial charge in [0.25, 0.3) is 0 Å². The van der Waals surface area contributed by atoms with E-state index in [4.69, 9.17) is 0 Å². The molecule has 0 amide bonds. The van der Waals surface area contributed by atoms with Crippen LogP contribution in [-0.4, -0.2) is 30.3 Å². The van der Waals surface area contributed by atoms with Crippen molar-refractivity contribution in [1.82, 2.24) is 4.90 Å². The lowest BCUT2D eigenvalue weighted by Crippen LogP contribution is -2.53. The Morgan fingerprint density at radius 3 is 1.86 bits per heavy atom. The van der Waals surface area contributed by atoms with Gasteiger partial charge in [-0.2, -0.15) is 0 Å². The first kappa shape index (κ1) is 16.4. The van der Waals surface area contributed by atoms with Gasteiger partial charge in [0.2, 0.25) is 0 Å². The van der Waals surface area contributed by atoms with Crippen molar-refractivity contribution in [2.75, 3.05) is 14.1 Å². The summed E-state index contributed by atoms with van der Waals surface area (Å²) in [5, 5.41) is 0. The Morgan fingerprint density at radius 1 is 0.909 bits per heavy atom. The van der Waals surface area contributed by atoms with E-state index in [9.17, 15) is 4.79 Å². The van der Waals surface area contributed by atoms with Crippen LogP contribution in [0, 0.1) is 0 Å². The van der Waals surface area contributed by atoms with E-state index in [-0.39, 0.29) is 5.78 Å². The van der Waals surface area contributed by atoms with Gasteiger partial charge >= 0.3 is 0 Å². The van der Waals surface area contributed by atoms with Crippen LogP contribution in [0.2, 0.25) is 0 Å². The van der Waals surface area contributed by atoms with Crippen LogP contribution in [0.1, 0.15) is 24.5 Å². The summed E-state index contributed by atoms with van der Waals surface area (Å²) < 4.78 is 0. The maximum Gasteiger partial charge on any atom is 0.157 e. The number of Topliss-reactive ketones (excluding diaryl/α,β-unsaturated/α-hetero) is 1. The Bertz CT molecular complexity index is 592. The lowest BCUT2D eigenvalue weighted by molar-refractivity contribution is -0.129. The molecule has 2 aromatic carbocycles. The number of carbonyl (C=O) groups excluding carboxylic acids is 1. The van der Waals surface area contributed by atoms with E-state index in [1.165, 1.54) is 5.56 Å². The molecule has 0 saturated heterocycles. The average Bonchev–Trinajstić information content (AvgIpc) is 2.54. The van der Waals surface area contributed by atoms with Gasteiger partial charge in [0.1, 0.15) is 0 Å². The third kappa shape index (κ3) is 3.63. The number of likely N-dealkylation sites (N-methyl/N-ethyl adjacent to an activating group) is 1. The molecule has 1 atom stereocenters. The van der Waals surface area contributed by atoms with E-state index in [1.54, 1.807) is 0 Å². The van der Waals surface area contributed by atoms with Gasteiger partial charge in [-0.05, 0) is 38.1 Å². The maximum atomic E-state index is 13.1.